The zero-order valence-electron chi connectivity index (χ0n) is 8.83. The molecule has 0 radical (unpaired) electrons. The molecule has 2 rings (SSSR count). The third-order valence-electron chi connectivity index (χ3n) is 2.72. The zero-order chi connectivity index (χ0) is 9.97. The monoisotopic (exact) mass is 188 g/mol. The fraction of sp³-hybridized carbons (Fsp3) is 0.417. The van der Waals surface area contributed by atoms with E-state index in [1.54, 1.807) is 0 Å². The highest BCUT2D eigenvalue weighted by molar-refractivity contribution is 5.57. The largest absolute Gasteiger partial charge is 0.357 e. The maximum atomic E-state index is 4.20. The molecule has 2 heteroatoms. The molecule has 0 saturated carbocycles. The molecule has 1 aromatic carbocycles. The molecule has 0 aromatic heterocycles. The molecular formula is C12H16N2. The maximum absolute atomic E-state index is 4.20. The second-order valence-corrected chi connectivity index (χ2v) is 3.91. The average molecular weight is 188 g/mol. The number of nitrogens with zero attached hydrogens (tertiary/aromatic N) is 2. The SMILES string of the molecule is Cc1ccc(CN2C=NCC2)cc1C. The molecule has 0 aliphatic carbocycles. The summed E-state index contributed by atoms with van der Waals surface area (Å²) in [4.78, 5) is 6.46. The second kappa shape index (κ2) is 3.82. The molecule has 0 saturated heterocycles. The van der Waals surface area contributed by atoms with Gasteiger partial charge in [-0.15, -0.1) is 0 Å². The van der Waals surface area contributed by atoms with E-state index in [-0.39, 0.29) is 0 Å². The van der Waals surface area contributed by atoms with Crippen LogP contribution in [0.25, 0.3) is 0 Å². The van der Waals surface area contributed by atoms with E-state index in [0.29, 0.717) is 0 Å². The number of hydrogen-bond acceptors (Lipinski definition) is 2. The lowest BCUT2D eigenvalue weighted by molar-refractivity contribution is 0.463. The molecule has 14 heavy (non-hydrogen) atoms. The van der Waals surface area contributed by atoms with Crippen molar-refractivity contribution >= 4 is 6.34 Å². The summed E-state index contributed by atoms with van der Waals surface area (Å²) in [5.41, 5.74) is 4.11. The predicted octanol–water partition coefficient (Wildman–Crippen LogP) is 2.15. The van der Waals surface area contributed by atoms with E-state index in [9.17, 15) is 0 Å². The molecule has 0 atom stereocenters. The lowest BCUT2D eigenvalue weighted by Crippen LogP contribution is -2.18. The van der Waals surface area contributed by atoms with Gasteiger partial charge in [0.15, 0.2) is 0 Å². The lowest BCUT2D eigenvalue weighted by atomic mass is 10.1. The van der Waals surface area contributed by atoms with Crippen LogP contribution in [0.15, 0.2) is 23.2 Å². The first-order valence-corrected chi connectivity index (χ1v) is 5.06. The molecule has 74 valence electrons. The van der Waals surface area contributed by atoms with Crippen LogP contribution in [-0.4, -0.2) is 24.3 Å². The smallest absolute Gasteiger partial charge is 0.0854 e. The molecule has 0 unspecified atom stereocenters. The third kappa shape index (κ3) is 1.95. The predicted molar refractivity (Wildman–Crippen MR) is 59.7 cm³/mol. The summed E-state index contributed by atoms with van der Waals surface area (Å²) in [5.74, 6) is 0. The van der Waals surface area contributed by atoms with Crippen molar-refractivity contribution in [3.63, 3.8) is 0 Å². The summed E-state index contributed by atoms with van der Waals surface area (Å²) >= 11 is 0. The standard InChI is InChI=1S/C12H16N2/c1-10-3-4-12(7-11(10)2)8-14-6-5-13-9-14/h3-4,7,9H,5-6,8H2,1-2H3. The van der Waals surface area contributed by atoms with Gasteiger partial charge in [0.25, 0.3) is 0 Å². The topological polar surface area (TPSA) is 15.6 Å². The molecule has 1 aromatic rings. The van der Waals surface area contributed by atoms with Crippen molar-refractivity contribution in [3.05, 3.63) is 34.9 Å². The first-order valence-electron chi connectivity index (χ1n) is 5.06. The molecule has 1 aliphatic rings. The van der Waals surface area contributed by atoms with Crippen molar-refractivity contribution in [1.29, 1.82) is 0 Å². The van der Waals surface area contributed by atoms with Crippen LogP contribution in [0.5, 0.6) is 0 Å². The minimum Gasteiger partial charge on any atom is -0.357 e. The van der Waals surface area contributed by atoms with Gasteiger partial charge in [0.1, 0.15) is 0 Å². The Morgan fingerprint density at radius 3 is 2.79 bits per heavy atom. The molecule has 0 fully saturated rings. The fourth-order valence-electron chi connectivity index (χ4n) is 1.67. The van der Waals surface area contributed by atoms with Crippen LogP contribution in [0.2, 0.25) is 0 Å². The number of rotatable bonds is 2. The Hall–Kier alpha value is -1.31. The average Bonchev–Trinajstić information content (AvgIpc) is 2.64. The van der Waals surface area contributed by atoms with Gasteiger partial charge in [0.05, 0.1) is 12.9 Å². The molecular weight excluding hydrogens is 172 g/mol. The summed E-state index contributed by atoms with van der Waals surface area (Å²) < 4.78 is 0. The van der Waals surface area contributed by atoms with Crippen LogP contribution in [0.1, 0.15) is 16.7 Å². The van der Waals surface area contributed by atoms with Gasteiger partial charge >= 0.3 is 0 Å². The molecule has 0 bridgehead atoms. The van der Waals surface area contributed by atoms with Gasteiger partial charge in [0.2, 0.25) is 0 Å². The van der Waals surface area contributed by atoms with Crippen molar-refractivity contribution < 1.29 is 0 Å². The van der Waals surface area contributed by atoms with Gasteiger partial charge in [-0.25, -0.2) is 0 Å². The Kier molecular flexibility index (Phi) is 2.53. The summed E-state index contributed by atoms with van der Waals surface area (Å²) in [5, 5.41) is 0. The number of aryl methyl sites for hydroxylation is 2. The van der Waals surface area contributed by atoms with E-state index in [0.717, 1.165) is 19.6 Å². The van der Waals surface area contributed by atoms with Gasteiger partial charge in [-0.3, -0.25) is 4.99 Å². The van der Waals surface area contributed by atoms with Gasteiger partial charge in [-0.05, 0) is 30.5 Å². The minimum absolute atomic E-state index is 0.949. The van der Waals surface area contributed by atoms with Gasteiger partial charge in [-0.1, -0.05) is 18.2 Å². The van der Waals surface area contributed by atoms with E-state index in [1.807, 2.05) is 6.34 Å². The molecule has 2 nitrogen and oxygen atoms in total. The van der Waals surface area contributed by atoms with Gasteiger partial charge in [0, 0.05) is 13.1 Å². The van der Waals surface area contributed by atoms with E-state index < -0.39 is 0 Å². The van der Waals surface area contributed by atoms with Crippen LogP contribution < -0.4 is 0 Å². The van der Waals surface area contributed by atoms with Crippen molar-refractivity contribution in [1.82, 2.24) is 4.90 Å². The molecule has 0 N–H and O–H groups in total. The van der Waals surface area contributed by atoms with Crippen molar-refractivity contribution in [2.45, 2.75) is 20.4 Å². The van der Waals surface area contributed by atoms with Crippen LogP contribution >= 0.6 is 0 Å². The Morgan fingerprint density at radius 1 is 1.29 bits per heavy atom. The highest BCUT2D eigenvalue weighted by Gasteiger charge is 2.06. The first-order chi connectivity index (χ1) is 6.75. The van der Waals surface area contributed by atoms with E-state index in [4.69, 9.17) is 0 Å². The summed E-state index contributed by atoms with van der Waals surface area (Å²) in [7, 11) is 0. The van der Waals surface area contributed by atoms with Gasteiger partial charge < -0.3 is 4.90 Å². The van der Waals surface area contributed by atoms with E-state index in [2.05, 4.69) is 41.9 Å². The third-order valence-corrected chi connectivity index (χ3v) is 2.72. The highest BCUT2D eigenvalue weighted by Crippen LogP contribution is 2.12. The molecule has 1 aliphatic heterocycles. The van der Waals surface area contributed by atoms with Crippen LogP contribution in [0.3, 0.4) is 0 Å². The Labute approximate surface area is 85.3 Å². The Bertz CT molecular complexity index is 355. The normalized spacial score (nSPS) is 15.1. The van der Waals surface area contributed by atoms with E-state index >= 15 is 0 Å². The second-order valence-electron chi connectivity index (χ2n) is 3.91. The number of benzene rings is 1. The quantitative estimate of drug-likeness (QED) is 0.694. The van der Waals surface area contributed by atoms with Crippen molar-refractivity contribution in [2.24, 2.45) is 4.99 Å². The minimum atomic E-state index is 0.949. The Morgan fingerprint density at radius 2 is 2.14 bits per heavy atom. The number of aliphatic imine (C=N–C) groups is 1. The molecule has 1 heterocycles. The summed E-state index contributed by atoms with van der Waals surface area (Å²) in [6.07, 6.45) is 1.95. The van der Waals surface area contributed by atoms with Crippen LogP contribution in [0, 0.1) is 13.8 Å². The van der Waals surface area contributed by atoms with Crippen LogP contribution in [-0.2, 0) is 6.54 Å². The molecule has 0 spiro atoms. The van der Waals surface area contributed by atoms with Crippen molar-refractivity contribution in [2.75, 3.05) is 13.1 Å². The molecule has 0 amide bonds. The fourth-order valence-corrected chi connectivity index (χ4v) is 1.67. The Balaban J connectivity index is 2.09. The van der Waals surface area contributed by atoms with Crippen LogP contribution in [0.4, 0.5) is 0 Å². The summed E-state index contributed by atoms with van der Waals surface area (Å²) in [6.45, 7) is 7.32. The lowest BCUT2D eigenvalue weighted by Gasteiger charge is -2.14. The van der Waals surface area contributed by atoms with Crippen molar-refractivity contribution in [3.8, 4) is 0 Å². The zero-order valence-corrected chi connectivity index (χ0v) is 8.83. The number of hydrogen-bond donors (Lipinski definition) is 0. The van der Waals surface area contributed by atoms with E-state index in [1.165, 1.54) is 16.7 Å². The summed E-state index contributed by atoms with van der Waals surface area (Å²) in [6, 6.07) is 6.66. The highest BCUT2D eigenvalue weighted by atomic mass is 15.2. The maximum Gasteiger partial charge on any atom is 0.0854 e. The van der Waals surface area contributed by atoms with Gasteiger partial charge in [-0.2, -0.15) is 0 Å². The first kappa shape index (κ1) is 9.25.